The average molecular weight is 598 g/mol. The maximum absolute atomic E-state index is 15.7. The molecule has 1 amide bonds. The van der Waals surface area contributed by atoms with Crippen molar-refractivity contribution < 1.29 is 9.18 Å². The molecule has 1 aliphatic rings. The molecule has 3 N–H and O–H groups in total. The van der Waals surface area contributed by atoms with Crippen LogP contribution < -0.4 is 20.9 Å². The monoisotopic (exact) mass is 597 g/mol. The first-order valence-corrected chi connectivity index (χ1v) is 14.1. The number of hydrogen-bond acceptors (Lipinski definition) is 7. The van der Waals surface area contributed by atoms with E-state index in [1.165, 1.54) is 12.1 Å². The summed E-state index contributed by atoms with van der Waals surface area (Å²) in [5.41, 5.74) is 2.56. The second kappa shape index (κ2) is 13.6. The van der Waals surface area contributed by atoms with E-state index in [-0.39, 0.29) is 24.0 Å². The number of rotatable bonds is 8. The van der Waals surface area contributed by atoms with Gasteiger partial charge < -0.3 is 16.0 Å². The van der Waals surface area contributed by atoms with Crippen LogP contribution in [0.1, 0.15) is 34.3 Å². The number of benzene rings is 3. The Morgan fingerprint density at radius 3 is 2.65 bits per heavy atom. The minimum absolute atomic E-state index is 0. The van der Waals surface area contributed by atoms with Crippen molar-refractivity contribution >= 4 is 52.4 Å². The lowest BCUT2D eigenvalue weighted by atomic mass is 10.0. The van der Waals surface area contributed by atoms with Gasteiger partial charge in [-0.2, -0.15) is 4.98 Å². The van der Waals surface area contributed by atoms with Crippen LogP contribution in [0.5, 0.6) is 0 Å². The quantitative estimate of drug-likeness (QED) is 0.184. The maximum atomic E-state index is 15.7. The fourth-order valence-electron chi connectivity index (χ4n) is 5.39. The van der Waals surface area contributed by atoms with E-state index in [1.54, 1.807) is 29.4 Å². The third-order valence-electron chi connectivity index (χ3n) is 7.49. The molecule has 1 saturated heterocycles. The number of piperidine rings is 1. The molecule has 0 bridgehead atoms. The molecule has 1 fully saturated rings. The van der Waals surface area contributed by atoms with Gasteiger partial charge >= 0.3 is 0 Å². The minimum Gasteiger partial charge on any atom is -0.366 e. The van der Waals surface area contributed by atoms with Crippen molar-refractivity contribution in [2.75, 3.05) is 28.6 Å². The Morgan fingerprint density at radius 1 is 1.02 bits per heavy atom. The molecule has 0 radical (unpaired) electrons. The molecule has 1 atom stereocenters. The lowest BCUT2D eigenvalue weighted by molar-refractivity contribution is 0.0968. The number of halogens is 2. The first-order valence-electron chi connectivity index (χ1n) is 14.1. The summed E-state index contributed by atoms with van der Waals surface area (Å²) in [5, 5.41) is 11.6. The zero-order chi connectivity index (χ0) is 28.9. The number of fused-ring (bicyclic) bond motifs is 1. The fourth-order valence-corrected chi connectivity index (χ4v) is 5.39. The lowest BCUT2D eigenvalue weighted by Crippen LogP contribution is -2.49. The largest absolute Gasteiger partial charge is 0.366 e. The number of aromatic nitrogens is 3. The molecule has 3 heterocycles. The minimum atomic E-state index is -0.630. The first-order chi connectivity index (χ1) is 20.6. The number of aryl methyl sites for hydroxylation is 1. The highest BCUT2D eigenvalue weighted by atomic mass is 35.5. The van der Waals surface area contributed by atoms with Gasteiger partial charge in [-0.1, -0.05) is 48.5 Å². The number of amides is 1. The van der Waals surface area contributed by atoms with Gasteiger partial charge in [0.05, 0.1) is 11.6 Å². The van der Waals surface area contributed by atoms with Crippen LogP contribution in [0.2, 0.25) is 0 Å². The van der Waals surface area contributed by atoms with Gasteiger partial charge in [0.25, 0.3) is 5.91 Å². The SMILES string of the molecule is Cc1cccc2ccnc(N(C(=O)c3ccc(Nc4nccc(NCc5ccccc5)n4)cc3F)[C@@H]3CCCNC3)c12.Cl. The van der Waals surface area contributed by atoms with Crippen molar-refractivity contribution in [2.45, 2.75) is 32.4 Å². The van der Waals surface area contributed by atoms with Gasteiger partial charge in [-0.15, -0.1) is 12.4 Å². The number of hydrogen-bond donors (Lipinski definition) is 3. The Labute approximate surface area is 256 Å². The summed E-state index contributed by atoms with van der Waals surface area (Å²) in [5.74, 6) is 0.461. The van der Waals surface area contributed by atoms with Gasteiger partial charge in [0, 0.05) is 36.6 Å². The van der Waals surface area contributed by atoms with Crippen LogP contribution in [0.25, 0.3) is 10.8 Å². The van der Waals surface area contributed by atoms with Crippen molar-refractivity contribution in [1.29, 1.82) is 0 Å². The Balaban J connectivity index is 0.00000368. The molecular weight excluding hydrogens is 565 g/mol. The van der Waals surface area contributed by atoms with Crippen LogP contribution in [-0.4, -0.2) is 40.0 Å². The first kappa shape index (κ1) is 29.9. The summed E-state index contributed by atoms with van der Waals surface area (Å²) in [6.07, 6.45) is 5.06. The van der Waals surface area contributed by atoms with Crippen LogP contribution in [0.3, 0.4) is 0 Å². The molecule has 5 aromatic rings. The average Bonchev–Trinajstić information content (AvgIpc) is 3.02. The number of carbonyl (C=O) groups excluding carboxylic acids is 1. The van der Waals surface area contributed by atoms with Crippen LogP contribution in [0.4, 0.5) is 27.7 Å². The normalized spacial score (nSPS) is 14.5. The maximum Gasteiger partial charge on any atom is 0.262 e. The van der Waals surface area contributed by atoms with E-state index >= 15 is 4.39 Å². The van der Waals surface area contributed by atoms with E-state index in [9.17, 15) is 4.79 Å². The van der Waals surface area contributed by atoms with E-state index in [2.05, 4.69) is 30.9 Å². The Kier molecular flexibility index (Phi) is 9.44. The molecule has 0 saturated carbocycles. The molecule has 2 aromatic heterocycles. The second-order valence-electron chi connectivity index (χ2n) is 10.4. The fraction of sp³-hybridized carbons (Fsp3) is 0.212. The van der Waals surface area contributed by atoms with Crippen molar-refractivity contribution in [1.82, 2.24) is 20.3 Å². The number of pyridine rings is 1. The molecule has 0 aliphatic carbocycles. The van der Waals surface area contributed by atoms with E-state index in [4.69, 9.17) is 0 Å². The van der Waals surface area contributed by atoms with Crippen LogP contribution in [-0.2, 0) is 6.54 Å². The summed E-state index contributed by atoms with van der Waals surface area (Å²) < 4.78 is 15.7. The number of nitrogens with zero attached hydrogens (tertiary/aromatic N) is 4. The van der Waals surface area contributed by atoms with Crippen molar-refractivity contribution in [3.63, 3.8) is 0 Å². The molecule has 0 spiro atoms. The number of anilines is 4. The van der Waals surface area contributed by atoms with Crippen LogP contribution >= 0.6 is 12.4 Å². The predicted molar refractivity (Wildman–Crippen MR) is 172 cm³/mol. The summed E-state index contributed by atoms with van der Waals surface area (Å²) >= 11 is 0. The Hall–Kier alpha value is -4.60. The molecule has 0 unspecified atom stereocenters. The summed E-state index contributed by atoms with van der Waals surface area (Å²) in [7, 11) is 0. The summed E-state index contributed by atoms with van der Waals surface area (Å²) in [6.45, 7) is 4.12. The molecular formula is C33H33ClFN7O. The van der Waals surface area contributed by atoms with Gasteiger partial charge in [-0.25, -0.2) is 14.4 Å². The highest BCUT2D eigenvalue weighted by molar-refractivity contribution is 6.11. The van der Waals surface area contributed by atoms with E-state index in [1.807, 2.05) is 61.5 Å². The van der Waals surface area contributed by atoms with Crippen LogP contribution in [0.15, 0.2) is 91.3 Å². The molecule has 10 heteroatoms. The molecule has 3 aromatic carbocycles. The van der Waals surface area contributed by atoms with Crippen molar-refractivity contribution in [2.24, 2.45) is 0 Å². The lowest BCUT2D eigenvalue weighted by Gasteiger charge is -2.35. The molecule has 220 valence electrons. The predicted octanol–water partition coefficient (Wildman–Crippen LogP) is 6.65. The van der Waals surface area contributed by atoms with Crippen molar-refractivity contribution in [3.05, 3.63) is 114 Å². The zero-order valence-electron chi connectivity index (χ0n) is 23.8. The van der Waals surface area contributed by atoms with Crippen molar-refractivity contribution in [3.8, 4) is 0 Å². The third kappa shape index (κ3) is 6.74. The highest BCUT2D eigenvalue weighted by Gasteiger charge is 2.31. The number of carbonyl (C=O) groups is 1. The van der Waals surface area contributed by atoms with E-state index < -0.39 is 11.7 Å². The number of nitrogens with one attached hydrogen (secondary N) is 3. The second-order valence-corrected chi connectivity index (χ2v) is 10.4. The molecule has 43 heavy (non-hydrogen) atoms. The van der Waals surface area contributed by atoms with Gasteiger partial charge in [-0.05, 0) is 73.2 Å². The standard InChI is InChI=1S/C33H32FN7O.ClH/c1-22-7-5-10-24-14-17-36-31(30(22)24)41(26-11-6-16-35-21-26)32(42)27-13-12-25(19-28(27)34)39-33-37-18-15-29(40-33)38-20-23-8-3-2-4-9-23;/h2-5,7-10,12-15,17-19,26,35H,6,11,16,20-21H2,1H3,(H2,37,38,39,40);1H/t26-;/m1./s1. The topological polar surface area (TPSA) is 95.1 Å². The third-order valence-corrected chi connectivity index (χ3v) is 7.49. The van der Waals surface area contributed by atoms with E-state index in [0.717, 1.165) is 41.3 Å². The van der Waals surface area contributed by atoms with Gasteiger partial charge in [0.15, 0.2) is 0 Å². The Morgan fingerprint density at radius 2 is 1.86 bits per heavy atom. The Bertz CT molecular complexity index is 1710. The summed E-state index contributed by atoms with van der Waals surface area (Å²) in [6, 6.07) is 24.0. The molecule has 8 nitrogen and oxygen atoms in total. The molecule has 6 rings (SSSR count). The van der Waals surface area contributed by atoms with E-state index in [0.29, 0.717) is 36.4 Å². The van der Waals surface area contributed by atoms with Gasteiger partial charge in [0.2, 0.25) is 5.95 Å². The smallest absolute Gasteiger partial charge is 0.262 e. The van der Waals surface area contributed by atoms with Gasteiger partial charge in [-0.3, -0.25) is 9.69 Å². The summed E-state index contributed by atoms with van der Waals surface area (Å²) in [4.78, 5) is 29.2. The zero-order valence-corrected chi connectivity index (χ0v) is 24.6. The van der Waals surface area contributed by atoms with Crippen LogP contribution in [0, 0.1) is 12.7 Å². The molecule has 1 aliphatic heterocycles. The van der Waals surface area contributed by atoms with Gasteiger partial charge in [0.1, 0.15) is 17.5 Å². The highest BCUT2D eigenvalue weighted by Crippen LogP contribution is 2.32.